The first-order chi connectivity index (χ1) is 6.72. The molecule has 0 saturated carbocycles. The van der Waals surface area contributed by atoms with Crippen LogP contribution >= 0.6 is 0 Å². The first kappa shape index (κ1) is 19.1. The fourth-order valence-electron chi connectivity index (χ4n) is 0.476. The average Bonchev–Trinajstić information content (AvgIpc) is 2.30. The largest absolute Gasteiger partial charge is 0.372 e. The second kappa shape index (κ2) is 18.3. The van der Waals surface area contributed by atoms with Gasteiger partial charge in [0, 0.05) is 20.2 Å². The van der Waals surface area contributed by atoms with Gasteiger partial charge in [0.25, 0.3) is 0 Å². The molecule has 0 radical (unpaired) electrons. The summed E-state index contributed by atoms with van der Waals surface area (Å²) in [4.78, 5) is 12.6. The lowest BCUT2D eigenvalue weighted by Crippen LogP contribution is -2.29. The summed E-state index contributed by atoms with van der Waals surface area (Å²) in [6.07, 6.45) is 0. The zero-order valence-electron chi connectivity index (χ0n) is 10.9. The molecule has 3 nitrogen and oxygen atoms in total. The topological polar surface area (TPSA) is 29.5 Å². The maximum absolute atomic E-state index is 10.9. The van der Waals surface area contributed by atoms with E-state index in [0.29, 0.717) is 6.61 Å². The lowest BCUT2D eigenvalue weighted by Gasteiger charge is -2.13. The molecule has 0 aliphatic heterocycles. The van der Waals surface area contributed by atoms with Crippen LogP contribution in [0, 0.1) is 0 Å². The van der Waals surface area contributed by atoms with Crippen molar-refractivity contribution in [1.29, 1.82) is 0 Å². The molecule has 0 rings (SSSR count). The van der Waals surface area contributed by atoms with E-state index in [1.165, 1.54) is 0 Å². The molecule has 0 bridgehead atoms. The SMILES string of the molecule is CC.CC.CCOCC(=O)N(C)CC. The molecule has 3 heteroatoms. The molecule has 0 spiro atoms. The summed E-state index contributed by atoms with van der Waals surface area (Å²) in [6, 6.07) is 0. The van der Waals surface area contributed by atoms with Gasteiger partial charge in [-0.15, -0.1) is 0 Å². The van der Waals surface area contributed by atoms with Crippen LogP contribution in [0.1, 0.15) is 41.5 Å². The van der Waals surface area contributed by atoms with Crippen LogP contribution in [0.25, 0.3) is 0 Å². The Morgan fingerprint density at radius 3 is 1.86 bits per heavy atom. The van der Waals surface area contributed by atoms with Gasteiger partial charge in [0.2, 0.25) is 5.91 Å². The molecule has 0 aromatic rings. The van der Waals surface area contributed by atoms with E-state index in [4.69, 9.17) is 4.74 Å². The standard InChI is InChI=1S/C7H15NO2.2C2H6/c1-4-8(3)7(9)6-10-5-2;2*1-2/h4-6H2,1-3H3;2*1-2H3. The van der Waals surface area contributed by atoms with E-state index in [-0.39, 0.29) is 12.5 Å². The Balaban J connectivity index is -0.000000266. The van der Waals surface area contributed by atoms with Gasteiger partial charge in [0.1, 0.15) is 6.61 Å². The third kappa shape index (κ3) is 14.0. The molecular formula is C11H27NO2. The van der Waals surface area contributed by atoms with Crippen LogP contribution in [-0.2, 0) is 9.53 Å². The van der Waals surface area contributed by atoms with Crippen molar-refractivity contribution in [2.24, 2.45) is 0 Å². The van der Waals surface area contributed by atoms with Crippen molar-refractivity contribution in [2.75, 3.05) is 26.8 Å². The highest BCUT2D eigenvalue weighted by Gasteiger charge is 2.04. The molecule has 0 aromatic carbocycles. The van der Waals surface area contributed by atoms with E-state index in [1.807, 2.05) is 41.5 Å². The molecule has 0 N–H and O–H groups in total. The Kier molecular flexibility index (Phi) is 24.9. The normalized spacial score (nSPS) is 7.64. The van der Waals surface area contributed by atoms with Crippen LogP contribution in [-0.4, -0.2) is 37.6 Å². The molecule has 0 heterocycles. The molecule has 0 aliphatic rings. The molecule has 0 aromatic heterocycles. The van der Waals surface area contributed by atoms with Crippen molar-refractivity contribution in [3.8, 4) is 0 Å². The van der Waals surface area contributed by atoms with Gasteiger partial charge in [-0.25, -0.2) is 0 Å². The van der Waals surface area contributed by atoms with Gasteiger partial charge in [-0.2, -0.15) is 0 Å². The number of likely N-dealkylation sites (N-methyl/N-ethyl adjacent to an activating group) is 1. The summed E-state index contributed by atoms with van der Waals surface area (Å²) < 4.78 is 4.93. The minimum absolute atomic E-state index is 0.0457. The third-order valence-corrected chi connectivity index (χ3v) is 1.33. The predicted octanol–water partition coefficient (Wildman–Crippen LogP) is 2.55. The van der Waals surface area contributed by atoms with Crippen molar-refractivity contribution < 1.29 is 9.53 Å². The lowest BCUT2D eigenvalue weighted by atomic mass is 10.5. The third-order valence-electron chi connectivity index (χ3n) is 1.33. The number of hydrogen-bond acceptors (Lipinski definition) is 2. The molecule has 0 unspecified atom stereocenters. The van der Waals surface area contributed by atoms with Gasteiger partial charge in [0.15, 0.2) is 0 Å². The zero-order valence-corrected chi connectivity index (χ0v) is 10.9. The van der Waals surface area contributed by atoms with Crippen LogP contribution in [0.2, 0.25) is 0 Å². The Hall–Kier alpha value is -0.570. The van der Waals surface area contributed by atoms with Crippen molar-refractivity contribution >= 4 is 5.91 Å². The monoisotopic (exact) mass is 205 g/mol. The molecule has 0 saturated heterocycles. The second-order valence-corrected chi connectivity index (χ2v) is 2.05. The predicted molar refractivity (Wildman–Crippen MR) is 62.5 cm³/mol. The second-order valence-electron chi connectivity index (χ2n) is 2.05. The number of amides is 1. The number of carbonyl (C=O) groups is 1. The Labute approximate surface area is 89.4 Å². The maximum Gasteiger partial charge on any atom is 0.248 e. The Morgan fingerprint density at radius 1 is 1.14 bits per heavy atom. The minimum Gasteiger partial charge on any atom is -0.372 e. The van der Waals surface area contributed by atoms with Gasteiger partial charge in [-0.3, -0.25) is 4.79 Å². The van der Waals surface area contributed by atoms with Gasteiger partial charge in [0.05, 0.1) is 0 Å². The van der Waals surface area contributed by atoms with Crippen LogP contribution < -0.4 is 0 Å². The van der Waals surface area contributed by atoms with Crippen LogP contribution in [0.5, 0.6) is 0 Å². The van der Waals surface area contributed by atoms with Gasteiger partial charge in [-0.1, -0.05) is 27.7 Å². The minimum atomic E-state index is 0.0457. The van der Waals surface area contributed by atoms with E-state index >= 15 is 0 Å². The molecule has 0 fully saturated rings. The fourth-order valence-corrected chi connectivity index (χ4v) is 0.476. The molecule has 0 atom stereocenters. The van der Waals surface area contributed by atoms with E-state index in [9.17, 15) is 4.79 Å². The summed E-state index contributed by atoms with van der Waals surface area (Å²) in [7, 11) is 1.77. The Morgan fingerprint density at radius 2 is 1.57 bits per heavy atom. The number of carbonyl (C=O) groups excluding carboxylic acids is 1. The summed E-state index contributed by atoms with van der Waals surface area (Å²) in [5, 5.41) is 0. The molecule has 0 aliphatic carbocycles. The fraction of sp³-hybridized carbons (Fsp3) is 0.909. The van der Waals surface area contributed by atoms with Crippen molar-refractivity contribution in [3.63, 3.8) is 0 Å². The number of nitrogens with zero attached hydrogens (tertiary/aromatic N) is 1. The first-order valence-corrected chi connectivity index (χ1v) is 5.54. The van der Waals surface area contributed by atoms with E-state index in [1.54, 1.807) is 11.9 Å². The number of hydrogen-bond donors (Lipinski definition) is 0. The van der Waals surface area contributed by atoms with Gasteiger partial charge in [-0.05, 0) is 13.8 Å². The maximum atomic E-state index is 10.9. The highest BCUT2D eigenvalue weighted by atomic mass is 16.5. The summed E-state index contributed by atoms with van der Waals surface area (Å²) in [5.74, 6) is 0.0457. The smallest absolute Gasteiger partial charge is 0.248 e. The first-order valence-electron chi connectivity index (χ1n) is 5.54. The number of rotatable bonds is 4. The van der Waals surface area contributed by atoms with E-state index < -0.39 is 0 Å². The summed E-state index contributed by atoms with van der Waals surface area (Å²) in [6.45, 7) is 13.4. The van der Waals surface area contributed by atoms with Gasteiger partial charge >= 0.3 is 0 Å². The highest BCUT2D eigenvalue weighted by Crippen LogP contribution is 1.84. The molecule has 1 amide bonds. The van der Waals surface area contributed by atoms with Crippen molar-refractivity contribution in [2.45, 2.75) is 41.5 Å². The molecular weight excluding hydrogens is 178 g/mol. The van der Waals surface area contributed by atoms with E-state index in [0.717, 1.165) is 6.54 Å². The highest BCUT2D eigenvalue weighted by molar-refractivity contribution is 5.77. The van der Waals surface area contributed by atoms with Crippen LogP contribution in [0.3, 0.4) is 0 Å². The quantitative estimate of drug-likeness (QED) is 0.706. The van der Waals surface area contributed by atoms with Gasteiger partial charge < -0.3 is 9.64 Å². The van der Waals surface area contributed by atoms with E-state index in [2.05, 4.69) is 0 Å². The van der Waals surface area contributed by atoms with Crippen molar-refractivity contribution in [1.82, 2.24) is 4.90 Å². The average molecular weight is 205 g/mol. The summed E-state index contributed by atoms with van der Waals surface area (Å²) >= 11 is 0. The Bertz CT molecular complexity index is 105. The van der Waals surface area contributed by atoms with Crippen LogP contribution in [0.15, 0.2) is 0 Å². The zero-order chi connectivity index (χ0) is 12.0. The van der Waals surface area contributed by atoms with Crippen LogP contribution in [0.4, 0.5) is 0 Å². The number of ether oxygens (including phenoxy) is 1. The summed E-state index contributed by atoms with van der Waals surface area (Å²) in [5.41, 5.74) is 0. The lowest BCUT2D eigenvalue weighted by molar-refractivity contribution is -0.134. The molecule has 14 heavy (non-hydrogen) atoms. The molecule has 88 valence electrons. The van der Waals surface area contributed by atoms with Crippen molar-refractivity contribution in [3.05, 3.63) is 0 Å².